The van der Waals surface area contributed by atoms with Gasteiger partial charge in [-0.3, -0.25) is 9.59 Å². The zero-order valence-electron chi connectivity index (χ0n) is 17.7. The number of hydrogen-bond donors (Lipinski definition) is 0. The van der Waals surface area contributed by atoms with Crippen molar-refractivity contribution in [3.8, 4) is 16.9 Å². The second-order valence-electron chi connectivity index (χ2n) is 6.87. The minimum Gasteiger partial charge on any atom is -0.423 e. The fourth-order valence-corrected chi connectivity index (χ4v) is 3.95. The second kappa shape index (κ2) is 10.9. The van der Waals surface area contributed by atoms with Gasteiger partial charge in [-0.25, -0.2) is 9.18 Å². The lowest BCUT2D eigenvalue weighted by Crippen LogP contribution is -2.08. The van der Waals surface area contributed by atoms with Crippen LogP contribution in [0.3, 0.4) is 0 Å². The second-order valence-corrected chi connectivity index (χ2v) is 9.00. The third-order valence-corrected chi connectivity index (χ3v) is 6.25. The van der Waals surface area contributed by atoms with Crippen LogP contribution in [0.2, 0.25) is 0 Å². The van der Waals surface area contributed by atoms with Crippen LogP contribution in [-0.2, 0) is 9.59 Å². The molecule has 7 heteroatoms. The van der Waals surface area contributed by atoms with Crippen molar-refractivity contribution >= 4 is 39.7 Å². The third kappa shape index (κ3) is 6.54. The van der Waals surface area contributed by atoms with Crippen molar-refractivity contribution in [2.45, 2.75) is 16.7 Å². The molecule has 0 amide bonds. The van der Waals surface area contributed by atoms with E-state index in [0.717, 1.165) is 23.5 Å². The summed E-state index contributed by atoms with van der Waals surface area (Å²) in [5, 5.41) is -0.395. The van der Waals surface area contributed by atoms with E-state index in [2.05, 4.69) is 13.2 Å². The number of hydrogen-bond acceptors (Lipinski definition) is 6. The number of ether oxygens (including phenoxy) is 1. The average Bonchev–Trinajstić information content (AvgIpc) is 2.80. The number of halogens is 1. The van der Waals surface area contributed by atoms with Crippen molar-refractivity contribution in [2.75, 3.05) is 0 Å². The first kappa shape index (κ1) is 24.2. The Morgan fingerprint density at radius 3 is 2.12 bits per heavy atom. The molecule has 0 radical (unpaired) electrons. The summed E-state index contributed by atoms with van der Waals surface area (Å²) in [5.74, 6) is -0.699. The van der Waals surface area contributed by atoms with E-state index in [1.54, 1.807) is 67.6 Å². The fraction of sp³-hybridized carbons (Fsp3) is 0.0385. The predicted molar refractivity (Wildman–Crippen MR) is 130 cm³/mol. The van der Waals surface area contributed by atoms with E-state index in [-0.39, 0.29) is 10.2 Å². The summed E-state index contributed by atoms with van der Waals surface area (Å²) in [4.78, 5) is 36.8. The number of thioether (sulfide) groups is 2. The Labute approximate surface area is 199 Å². The largest absolute Gasteiger partial charge is 0.423 e. The summed E-state index contributed by atoms with van der Waals surface area (Å²) in [5.41, 5.74) is 1.69. The molecule has 4 nitrogen and oxygen atoms in total. The fourth-order valence-electron chi connectivity index (χ4n) is 2.67. The van der Waals surface area contributed by atoms with E-state index < -0.39 is 11.8 Å². The van der Waals surface area contributed by atoms with Gasteiger partial charge in [-0.1, -0.05) is 31.4 Å². The zero-order chi connectivity index (χ0) is 24.0. The van der Waals surface area contributed by atoms with Crippen molar-refractivity contribution in [1.82, 2.24) is 0 Å². The van der Waals surface area contributed by atoms with Gasteiger partial charge < -0.3 is 4.74 Å². The molecule has 0 heterocycles. The molecular formula is C26H19FO4S2. The molecule has 0 unspecified atom stereocenters. The molecule has 0 atom stereocenters. The molecule has 0 aliphatic rings. The van der Waals surface area contributed by atoms with Gasteiger partial charge in [-0.05, 0) is 96.2 Å². The smallest absolute Gasteiger partial charge is 0.343 e. The molecule has 0 bridgehead atoms. The molecule has 0 spiro atoms. The van der Waals surface area contributed by atoms with E-state index in [0.29, 0.717) is 37.8 Å². The molecule has 0 saturated carbocycles. The first-order chi connectivity index (χ1) is 15.8. The lowest BCUT2D eigenvalue weighted by atomic mass is 10.0. The quantitative estimate of drug-likeness (QED) is 0.163. The highest BCUT2D eigenvalue weighted by molar-refractivity contribution is 8.14. The molecule has 166 valence electrons. The van der Waals surface area contributed by atoms with Crippen LogP contribution in [0.1, 0.15) is 17.3 Å². The number of carbonyl (C=O) groups excluding carboxylic acids is 3. The van der Waals surface area contributed by atoms with E-state index in [1.165, 1.54) is 12.1 Å². The van der Waals surface area contributed by atoms with Crippen LogP contribution in [0.5, 0.6) is 5.75 Å². The lowest BCUT2D eigenvalue weighted by molar-refractivity contribution is -0.108. The van der Waals surface area contributed by atoms with Crippen LogP contribution in [0, 0.1) is 5.82 Å². The molecular weight excluding hydrogens is 459 g/mol. The minimum absolute atomic E-state index is 0.130. The van der Waals surface area contributed by atoms with Gasteiger partial charge in [0.2, 0.25) is 10.2 Å². The van der Waals surface area contributed by atoms with Crippen molar-refractivity contribution in [2.24, 2.45) is 0 Å². The first-order valence-corrected chi connectivity index (χ1v) is 11.3. The van der Waals surface area contributed by atoms with Gasteiger partial charge >= 0.3 is 5.97 Å². The van der Waals surface area contributed by atoms with E-state index in [9.17, 15) is 18.8 Å². The Bertz CT molecular complexity index is 1230. The van der Waals surface area contributed by atoms with E-state index >= 15 is 0 Å². The Morgan fingerprint density at radius 1 is 0.909 bits per heavy atom. The maximum atomic E-state index is 14.5. The van der Waals surface area contributed by atoms with Crippen molar-refractivity contribution < 1.29 is 23.5 Å². The first-order valence-electron chi connectivity index (χ1n) is 9.71. The van der Waals surface area contributed by atoms with Crippen molar-refractivity contribution in [3.05, 3.63) is 103 Å². The molecule has 0 fully saturated rings. The summed E-state index contributed by atoms with van der Waals surface area (Å²) in [6.45, 7) is 8.65. The molecule has 0 aromatic heterocycles. The summed E-state index contributed by atoms with van der Waals surface area (Å²) in [6, 6.07) is 17.5. The van der Waals surface area contributed by atoms with E-state index in [4.69, 9.17) is 4.74 Å². The van der Waals surface area contributed by atoms with Crippen LogP contribution in [-0.4, -0.2) is 16.2 Å². The number of rotatable bonds is 7. The maximum Gasteiger partial charge on any atom is 0.343 e. The van der Waals surface area contributed by atoms with Crippen LogP contribution < -0.4 is 4.74 Å². The van der Waals surface area contributed by atoms with Gasteiger partial charge in [-0.15, -0.1) is 0 Å². The average molecular weight is 479 g/mol. The molecule has 0 aliphatic carbocycles. The Balaban J connectivity index is 1.67. The van der Waals surface area contributed by atoms with Gasteiger partial charge in [0, 0.05) is 15.4 Å². The number of benzene rings is 3. The number of esters is 1. The maximum absolute atomic E-state index is 14.5. The molecule has 0 saturated heterocycles. The highest BCUT2D eigenvalue weighted by Crippen LogP contribution is 2.29. The number of carbonyl (C=O) groups is 3. The minimum atomic E-state index is -0.560. The Morgan fingerprint density at radius 2 is 1.55 bits per heavy atom. The molecule has 3 aromatic rings. The van der Waals surface area contributed by atoms with Crippen molar-refractivity contribution in [1.29, 1.82) is 0 Å². The van der Waals surface area contributed by atoms with Gasteiger partial charge in [0.25, 0.3) is 0 Å². The lowest BCUT2D eigenvalue weighted by Gasteiger charge is -2.08. The van der Waals surface area contributed by atoms with Crippen molar-refractivity contribution in [3.63, 3.8) is 0 Å². The monoisotopic (exact) mass is 478 g/mol. The van der Waals surface area contributed by atoms with Crippen LogP contribution in [0.4, 0.5) is 4.39 Å². The third-order valence-electron chi connectivity index (χ3n) is 4.35. The van der Waals surface area contributed by atoms with Crippen LogP contribution >= 0.6 is 23.5 Å². The predicted octanol–water partition coefficient (Wildman–Crippen LogP) is 6.71. The van der Waals surface area contributed by atoms with E-state index in [1.807, 2.05) is 0 Å². The zero-order valence-corrected chi connectivity index (χ0v) is 19.3. The van der Waals surface area contributed by atoms with Gasteiger partial charge in [0.15, 0.2) is 0 Å². The summed E-state index contributed by atoms with van der Waals surface area (Å²) < 4.78 is 19.9. The van der Waals surface area contributed by atoms with Gasteiger partial charge in [0.05, 0.1) is 5.56 Å². The molecule has 3 aromatic carbocycles. The van der Waals surface area contributed by atoms with Gasteiger partial charge in [-0.2, -0.15) is 0 Å². The molecule has 33 heavy (non-hydrogen) atoms. The molecule has 3 rings (SSSR count). The normalized spacial score (nSPS) is 10.4. The highest BCUT2D eigenvalue weighted by Gasteiger charge is 2.12. The summed E-state index contributed by atoms with van der Waals surface area (Å²) >= 11 is 1.94. The van der Waals surface area contributed by atoms with Crippen LogP contribution in [0.25, 0.3) is 11.1 Å². The Kier molecular flexibility index (Phi) is 8.03. The molecule has 0 N–H and O–H groups in total. The standard InChI is InChI=1S/C26H19FO4S2/c1-4-24(28)32-21-13-14-22(23(27)15-21)17-5-7-18(8-6-17)25(29)31-19-9-11-20(12-10-19)33-26(30)16(2)3/h4-15H,1-2H2,3H3. The summed E-state index contributed by atoms with van der Waals surface area (Å²) in [6.07, 6.45) is 1.17. The Hall–Kier alpha value is -3.42. The topological polar surface area (TPSA) is 60.4 Å². The van der Waals surface area contributed by atoms with Gasteiger partial charge in [0.1, 0.15) is 11.6 Å². The highest BCUT2D eigenvalue weighted by atomic mass is 32.2. The summed E-state index contributed by atoms with van der Waals surface area (Å²) in [7, 11) is 0. The SMILES string of the molecule is C=CC(=O)Sc1ccc(-c2ccc(C(=O)Oc3ccc(SC(=O)C(=C)C)cc3)cc2)c(F)c1. The molecule has 0 aliphatic heterocycles. The van der Waals surface area contributed by atoms with Crippen LogP contribution in [0.15, 0.2) is 101 Å².